The van der Waals surface area contributed by atoms with Crippen LogP contribution >= 0.6 is 15.9 Å². The monoisotopic (exact) mass is 347 g/mol. The maximum atomic E-state index is 12.4. The van der Waals surface area contributed by atoms with Gasteiger partial charge in [-0.2, -0.15) is 0 Å². The van der Waals surface area contributed by atoms with Crippen LogP contribution in [0.1, 0.15) is 5.56 Å². The first-order chi connectivity index (χ1) is 10.0. The zero-order valence-corrected chi connectivity index (χ0v) is 13.1. The summed E-state index contributed by atoms with van der Waals surface area (Å²) >= 11 is 3.44. The van der Waals surface area contributed by atoms with Crippen LogP contribution in [0, 0.1) is 0 Å². The molecule has 0 atom stereocenters. The highest BCUT2D eigenvalue weighted by molar-refractivity contribution is 9.10. The number of fused-ring (bicyclic) bond motifs is 1. The summed E-state index contributed by atoms with van der Waals surface area (Å²) in [5.74, 6) is 0. The molecule has 0 fully saturated rings. The lowest BCUT2D eigenvalue weighted by Gasteiger charge is -2.18. The minimum Gasteiger partial charge on any atom is -0.317 e. The minimum atomic E-state index is -0.185. The number of aryl methyl sites for hydroxylation is 1. The molecule has 1 aliphatic heterocycles. The second-order valence-electron chi connectivity index (χ2n) is 4.97. The molecule has 108 valence electrons. The van der Waals surface area contributed by atoms with Gasteiger partial charge in [-0.1, -0.05) is 15.9 Å². The molecule has 2 heterocycles. The first kappa shape index (κ1) is 13.9. The average Bonchev–Trinajstić information content (AvgIpc) is 2.85. The second kappa shape index (κ2) is 5.37. The summed E-state index contributed by atoms with van der Waals surface area (Å²) in [6.45, 7) is 0.656. The molecular formula is C15H14BrN3O2. The summed E-state index contributed by atoms with van der Waals surface area (Å²) in [7, 11) is 1.65. The van der Waals surface area contributed by atoms with E-state index in [0.717, 1.165) is 22.1 Å². The molecule has 0 aliphatic carbocycles. The number of aromatic nitrogens is 1. The zero-order chi connectivity index (χ0) is 15.0. The highest BCUT2D eigenvalue weighted by Gasteiger charge is 2.24. The number of carbonyl (C=O) groups excluding carboxylic acids is 1. The Morgan fingerprint density at radius 2 is 2.10 bits per heavy atom. The van der Waals surface area contributed by atoms with Crippen molar-refractivity contribution in [2.75, 3.05) is 16.8 Å². The summed E-state index contributed by atoms with van der Waals surface area (Å²) < 4.78 is 2.45. The van der Waals surface area contributed by atoms with E-state index in [1.165, 1.54) is 10.6 Å². The van der Waals surface area contributed by atoms with E-state index in [2.05, 4.69) is 21.2 Å². The molecule has 1 aliphatic rings. The fourth-order valence-corrected chi connectivity index (χ4v) is 2.85. The van der Waals surface area contributed by atoms with Gasteiger partial charge < -0.3 is 9.88 Å². The van der Waals surface area contributed by atoms with Gasteiger partial charge in [-0.15, -0.1) is 0 Å². The van der Waals surface area contributed by atoms with Crippen molar-refractivity contribution in [3.05, 3.63) is 56.9 Å². The van der Waals surface area contributed by atoms with Gasteiger partial charge in [0.15, 0.2) is 0 Å². The van der Waals surface area contributed by atoms with Gasteiger partial charge in [0.05, 0.1) is 5.69 Å². The SMILES string of the molecule is Cn1cc(NC(=O)N2CCc3cc(Br)ccc32)ccc1=O. The molecule has 0 saturated carbocycles. The molecule has 21 heavy (non-hydrogen) atoms. The number of urea groups is 1. The molecule has 3 rings (SSSR count). The molecule has 0 unspecified atom stereocenters. The van der Waals surface area contributed by atoms with Crippen LogP contribution in [0.15, 0.2) is 45.8 Å². The number of nitrogens with one attached hydrogen (secondary N) is 1. The molecule has 0 bridgehead atoms. The van der Waals surface area contributed by atoms with Gasteiger partial charge in [0.1, 0.15) is 0 Å². The van der Waals surface area contributed by atoms with Gasteiger partial charge in [0.25, 0.3) is 0 Å². The van der Waals surface area contributed by atoms with Crippen molar-refractivity contribution in [1.82, 2.24) is 4.57 Å². The highest BCUT2D eigenvalue weighted by atomic mass is 79.9. The lowest BCUT2D eigenvalue weighted by atomic mass is 10.2. The number of amides is 2. The van der Waals surface area contributed by atoms with Crippen LogP contribution in [-0.2, 0) is 13.5 Å². The smallest absolute Gasteiger partial charge is 0.317 e. The third-order valence-electron chi connectivity index (χ3n) is 3.52. The molecule has 2 amide bonds. The molecule has 6 heteroatoms. The second-order valence-corrected chi connectivity index (χ2v) is 5.89. The van der Waals surface area contributed by atoms with Crippen molar-refractivity contribution in [3.63, 3.8) is 0 Å². The first-order valence-corrected chi connectivity index (χ1v) is 7.37. The summed E-state index contributed by atoms with van der Waals surface area (Å²) in [6, 6.07) is 8.76. The predicted molar refractivity (Wildman–Crippen MR) is 85.9 cm³/mol. The molecule has 1 aromatic carbocycles. The number of pyridine rings is 1. The molecule has 5 nitrogen and oxygen atoms in total. The summed E-state index contributed by atoms with van der Waals surface area (Å²) in [5, 5.41) is 2.82. The maximum absolute atomic E-state index is 12.4. The van der Waals surface area contributed by atoms with Crippen LogP contribution in [0.3, 0.4) is 0 Å². The maximum Gasteiger partial charge on any atom is 0.326 e. The minimum absolute atomic E-state index is 0.107. The van der Waals surface area contributed by atoms with Gasteiger partial charge in [0.2, 0.25) is 5.56 Å². The fraction of sp³-hybridized carbons (Fsp3) is 0.200. The van der Waals surface area contributed by atoms with Crippen molar-refractivity contribution >= 4 is 33.3 Å². The standard InChI is InChI=1S/C15H14BrN3O2/c1-18-9-12(3-5-14(18)20)17-15(21)19-7-6-10-8-11(16)2-4-13(10)19/h2-5,8-9H,6-7H2,1H3,(H,17,21). The topological polar surface area (TPSA) is 54.3 Å². The van der Waals surface area contributed by atoms with Crippen molar-refractivity contribution < 1.29 is 4.79 Å². The number of halogens is 1. The Balaban J connectivity index is 1.81. The normalized spacial score (nSPS) is 13.1. The van der Waals surface area contributed by atoms with Gasteiger partial charge in [-0.05, 0) is 36.2 Å². The Morgan fingerprint density at radius 3 is 2.86 bits per heavy atom. The van der Waals surface area contributed by atoms with E-state index >= 15 is 0 Å². The molecule has 1 N–H and O–H groups in total. The predicted octanol–water partition coefficient (Wildman–Crippen LogP) is 2.74. The van der Waals surface area contributed by atoms with E-state index in [1.807, 2.05) is 18.2 Å². The van der Waals surface area contributed by atoms with Crippen molar-refractivity contribution in [3.8, 4) is 0 Å². The third-order valence-corrected chi connectivity index (χ3v) is 4.01. The zero-order valence-electron chi connectivity index (χ0n) is 11.5. The number of hydrogen-bond acceptors (Lipinski definition) is 2. The molecule has 0 saturated heterocycles. The summed E-state index contributed by atoms with van der Waals surface area (Å²) in [4.78, 5) is 25.4. The largest absolute Gasteiger partial charge is 0.326 e. The summed E-state index contributed by atoms with van der Waals surface area (Å²) in [5.41, 5.74) is 2.58. The van der Waals surface area contributed by atoms with Crippen molar-refractivity contribution in [2.24, 2.45) is 7.05 Å². The van der Waals surface area contributed by atoms with Crippen LogP contribution in [-0.4, -0.2) is 17.1 Å². The van der Waals surface area contributed by atoms with Crippen molar-refractivity contribution in [1.29, 1.82) is 0 Å². The molecule has 0 radical (unpaired) electrons. The van der Waals surface area contributed by atoms with E-state index in [1.54, 1.807) is 24.2 Å². The Morgan fingerprint density at radius 1 is 1.29 bits per heavy atom. The number of nitrogens with zero attached hydrogens (tertiary/aromatic N) is 2. The number of hydrogen-bond donors (Lipinski definition) is 1. The van der Waals surface area contributed by atoms with Gasteiger partial charge in [-0.3, -0.25) is 9.69 Å². The van der Waals surface area contributed by atoms with Crippen LogP contribution in [0.2, 0.25) is 0 Å². The Hall–Kier alpha value is -2.08. The fourth-order valence-electron chi connectivity index (χ4n) is 2.44. The van der Waals surface area contributed by atoms with E-state index < -0.39 is 0 Å². The molecule has 0 spiro atoms. The molecule has 1 aromatic heterocycles. The van der Waals surface area contributed by atoms with Crippen LogP contribution in [0.25, 0.3) is 0 Å². The Labute approximate surface area is 130 Å². The van der Waals surface area contributed by atoms with Gasteiger partial charge in [0, 0.05) is 36.0 Å². The van der Waals surface area contributed by atoms with Gasteiger partial charge >= 0.3 is 6.03 Å². The third kappa shape index (κ3) is 2.71. The number of anilines is 2. The van der Waals surface area contributed by atoms with Crippen LogP contribution in [0.4, 0.5) is 16.2 Å². The van der Waals surface area contributed by atoms with E-state index in [-0.39, 0.29) is 11.6 Å². The molecular weight excluding hydrogens is 334 g/mol. The van der Waals surface area contributed by atoms with Crippen LogP contribution < -0.4 is 15.8 Å². The lowest BCUT2D eigenvalue weighted by Crippen LogP contribution is -2.33. The van der Waals surface area contributed by atoms with Gasteiger partial charge in [-0.25, -0.2) is 4.79 Å². The highest BCUT2D eigenvalue weighted by Crippen LogP contribution is 2.30. The van der Waals surface area contributed by atoms with Crippen molar-refractivity contribution in [2.45, 2.75) is 6.42 Å². The quantitative estimate of drug-likeness (QED) is 0.862. The Bertz CT molecular complexity index is 770. The van der Waals surface area contributed by atoms with E-state index in [9.17, 15) is 9.59 Å². The number of rotatable bonds is 1. The Kier molecular flexibility index (Phi) is 3.55. The first-order valence-electron chi connectivity index (χ1n) is 6.58. The van der Waals surface area contributed by atoms with E-state index in [4.69, 9.17) is 0 Å². The lowest BCUT2D eigenvalue weighted by molar-refractivity contribution is 0.257. The van der Waals surface area contributed by atoms with Crippen LogP contribution in [0.5, 0.6) is 0 Å². The summed E-state index contributed by atoms with van der Waals surface area (Å²) in [6.07, 6.45) is 2.45. The number of carbonyl (C=O) groups is 1. The molecule has 2 aromatic rings. The van der Waals surface area contributed by atoms with E-state index in [0.29, 0.717) is 12.2 Å². The average molecular weight is 348 g/mol. The number of benzene rings is 1.